The maximum atomic E-state index is 13.2. The Hall–Kier alpha value is -0.490. The van der Waals surface area contributed by atoms with Gasteiger partial charge in [-0.15, -0.1) is 0 Å². The lowest BCUT2D eigenvalue weighted by atomic mass is 10.0. The summed E-state index contributed by atoms with van der Waals surface area (Å²) in [5, 5.41) is 3.47. The second kappa shape index (κ2) is 8.22. The molecule has 0 bridgehead atoms. The molecule has 0 aromatic heterocycles. The highest BCUT2D eigenvalue weighted by molar-refractivity contribution is 7.85. The molecule has 21 heavy (non-hydrogen) atoms. The van der Waals surface area contributed by atoms with Crippen LogP contribution in [0.4, 0.5) is 4.39 Å². The van der Waals surface area contributed by atoms with Gasteiger partial charge in [-0.25, -0.2) is 4.39 Å². The van der Waals surface area contributed by atoms with E-state index in [0.29, 0.717) is 23.2 Å². The molecule has 118 valence electrons. The summed E-state index contributed by atoms with van der Waals surface area (Å²) in [6, 6.07) is 4.41. The van der Waals surface area contributed by atoms with E-state index in [-0.39, 0.29) is 11.1 Å². The van der Waals surface area contributed by atoms with E-state index >= 15 is 0 Å². The first-order chi connectivity index (χ1) is 10.1. The van der Waals surface area contributed by atoms with Crippen molar-refractivity contribution >= 4 is 22.4 Å². The van der Waals surface area contributed by atoms with E-state index in [1.165, 1.54) is 12.1 Å². The molecule has 3 nitrogen and oxygen atoms in total. The summed E-state index contributed by atoms with van der Waals surface area (Å²) in [5.74, 6) is 0.398. The van der Waals surface area contributed by atoms with Crippen molar-refractivity contribution < 1.29 is 13.3 Å². The topological polar surface area (TPSA) is 38.3 Å². The minimum Gasteiger partial charge on any atom is -0.381 e. The van der Waals surface area contributed by atoms with Crippen molar-refractivity contribution in [3.05, 3.63) is 29.0 Å². The zero-order valence-corrected chi connectivity index (χ0v) is 13.7. The minimum absolute atomic E-state index is 0.0168. The van der Waals surface area contributed by atoms with Gasteiger partial charge in [0, 0.05) is 29.2 Å². The molecule has 1 fully saturated rings. The summed E-state index contributed by atoms with van der Waals surface area (Å²) >= 11 is 5.76. The molecule has 1 N–H and O–H groups in total. The molecule has 0 spiro atoms. The standard InChI is InChI=1S/C15H21ClFNO2S/c1-2-6-18-15(11-5-7-20-9-11)10-21(19)12-3-4-14(17)13(16)8-12/h3-4,8,11,15,18H,2,5-7,9-10H2,1H3. The minimum atomic E-state index is -1.20. The van der Waals surface area contributed by atoms with Gasteiger partial charge in [0.15, 0.2) is 0 Å². The van der Waals surface area contributed by atoms with Gasteiger partial charge in [0.1, 0.15) is 5.82 Å². The van der Waals surface area contributed by atoms with E-state index in [9.17, 15) is 8.60 Å². The maximum absolute atomic E-state index is 13.2. The molecule has 1 saturated heterocycles. The van der Waals surface area contributed by atoms with Crippen molar-refractivity contribution in [1.82, 2.24) is 5.32 Å². The Morgan fingerprint density at radius 2 is 2.38 bits per heavy atom. The average molecular weight is 334 g/mol. The smallest absolute Gasteiger partial charge is 0.141 e. The third-order valence-electron chi connectivity index (χ3n) is 3.68. The maximum Gasteiger partial charge on any atom is 0.141 e. The van der Waals surface area contributed by atoms with Crippen LogP contribution in [-0.4, -0.2) is 35.8 Å². The molecular formula is C15H21ClFNO2S. The summed E-state index contributed by atoms with van der Waals surface area (Å²) in [4.78, 5) is 0.573. The normalized spacial score (nSPS) is 21.4. The van der Waals surface area contributed by atoms with Crippen LogP contribution in [0.1, 0.15) is 19.8 Å². The summed E-state index contributed by atoms with van der Waals surface area (Å²) < 4.78 is 31.1. The van der Waals surface area contributed by atoms with E-state index < -0.39 is 16.6 Å². The van der Waals surface area contributed by atoms with Crippen LogP contribution in [0.25, 0.3) is 0 Å². The largest absolute Gasteiger partial charge is 0.381 e. The summed E-state index contributed by atoms with van der Waals surface area (Å²) in [6.07, 6.45) is 2.02. The molecule has 6 heteroatoms. The number of ether oxygens (including phenoxy) is 1. The Labute approximate surface area is 132 Å². The number of nitrogens with one attached hydrogen (secondary N) is 1. The zero-order valence-electron chi connectivity index (χ0n) is 12.1. The highest BCUT2D eigenvalue weighted by Crippen LogP contribution is 2.22. The Kier molecular flexibility index (Phi) is 6.61. The second-order valence-corrected chi connectivity index (χ2v) is 7.18. The molecule has 3 atom stereocenters. The SMILES string of the molecule is CCCNC(CS(=O)c1ccc(F)c(Cl)c1)C1CCOC1. The molecule has 3 unspecified atom stereocenters. The van der Waals surface area contributed by atoms with Gasteiger partial charge in [-0.1, -0.05) is 18.5 Å². The lowest BCUT2D eigenvalue weighted by Gasteiger charge is -2.23. The van der Waals surface area contributed by atoms with E-state index in [4.69, 9.17) is 16.3 Å². The van der Waals surface area contributed by atoms with Crippen LogP contribution in [0.3, 0.4) is 0 Å². The summed E-state index contributed by atoms with van der Waals surface area (Å²) in [5.41, 5.74) is 0. The number of rotatable bonds is 7. The highest BCUT2D eigenvalue weighted by Gasteiger charge is 2.27. The summed E-state index contributed by atoms with van der Waals surface area (Å²) in [7, 11) is -1.20. The van der Waals surface area contributed by atoms with Crippen LogP contribution < -0.4 is 5.32 Å². The fourth-order valence-corrected chi connectivity index (χ4v) is 4.06. The molecule has 1 aliphatic heterocycles. The summed E-state index contributed by atoms with van der Waals surface area (Å²) in [6.45, 7) is 4.47. The number of hydrogen-bond acceptors (Lipinski definition) is 3. The van der Waals surface area contributed by atoms with Gasteiger partial charge in [-0.2, -0.15) is 0 Å². The molecule has 2 rings (SSSR count). The van der Waals surface area contributed by atoms with Crippen molar-refractivity contribution in [3.8, 4) is 0 Å². The highest BCUT2D eigenvalue weighted by atomic mass is 35.5. The van der Waals surface area contributed by atoms with Crippen LogP contribution in [0, 0.1) is 11.7 Å². The monoisotopic (exact) mass is 333 g/mol. The molecule has 1 heterocycles. The van der Waals surface area contributed by atoms with E-state index in [1.807, 2.05) is 0 Å². The van der Waals surface area contributed by atoms with Crippen molar-refractivity contribution in [1.29, 1.82) is 0 Å². The molecule has 0 amide bonds. The fraction of sp³-hybridized carbons (Fsp3) is 0.600. The Bertz CT molecular complexity index is 495. The average Bonchev–Trinajstić information content (AvgIpc) is 3.00. The van der Waals surface area contributed by atoms with Crippen LogP contribution in [0.2, 0.25) is 5.02 Å². The molecule has 1 aromatic carbocycles. The first-order valence-corrected chi connectivity index (χ1v) is 8.96. The van der Waals surface area contributed by atoms with Gasteiger partial charge < -0.3 is 10.1 Å². The third-order valence-corrected chi connectivity index (χ3v) is 5.41. The molecular weight excluding hydrogens is 313 g/mol. The van der Waals surface area contributed by atoms with Crippen LogP contribution in [0.15, 0.2) is 23.1 Å². The lowest BCUT2D eigenvalue weighted by molar-refractivity contribution is 0.179. The van der Waals surface area contributed by atoms with Crippen molar-refractivity contribution in [3.63, 3.8) is 0 Å². The molecule has 0 aliphatic carbocycles. The van der Waals surface area contributed by atoms with Gasteiger partial charge >= 0.3 is 0 Å². The van der Waals surface area contributed by atoms with Gasteiger partial charge in [-0.05, 0) is 37.6 Å². The quantitative estimate of drug-likeness (QED) is 0.833. The predicted molar refractivity (Wildman–Crippen MR) is 83.7 cm³/mol. The first-order valence-electron chi connectivity index (χ1n) is 7.26. The molecule has 1 aliphatic rings. The van der Waals surface area contributed by atoms with E-state index in [2.05, 4.69) is 12.2 Å². The Morgan fingerprint density at radius 3 is 3.00 bits per heavy atom. The second-order valence-electron chi connectivity index (χ2n) is 5.27. The van der Waals surface area contributed by atoms with Crippen LogP contribution in [0.5, 0.6) is 0 Å². The third kappa shape index (κ3) is 4.74. The Morgan fingerprint density at radius 1 is 1.57 bits per heavy atom. The van der Waals surface area contributed by atoms with E-state index in [0.717, 1.165) is 26.0 Å². The van der Waals surface area contributed by atoms with Gasteiger partial charge in [0.05, 0.1) is 22.4 Å². The van der Waals surface area contributed by atoms with Crippen LogP contribution >= 0.6 is 11.6 Å². The van der Waals surface area contributed by atoms with E-state index in [1.54, 1.807) is 6.07 Å². The Balaban J connectivity index is 2.03. The fourth-order valence-electron chi connectivity index (χ4n) is 2.44. The van der Waals surface area contributed by atoms with Gasteiger partial charge in [0.2, 0.25) is 0 Å². The zero-order chi connectivity index (χ0) is 15.2. The first kappa shape index (κ1) is 16.9. The van der Waals surface area contributed by atoms with Crippen molar-refractivity contribution in [2.75, 3.05) is 25.5 Å². The van der Waals surface area contributed by atoms with Crippen molar-refractivity contribution in [2.24, 2.45) is 5.92 Å². The lowest BCUT2D eigenvalue weighted by Crippen LogP contribution is -2.41. The molecule has 0 radical (unpaired) electrons. The number of benzene rings is 1. The molecule has 1 aromatic rings. The van der Waals surface area contributed by atoms with Crippen molar-refractivity contribution in [2.45, 2.75) is 30.7 Å². The predicted octanol–water partition coefficient (Wildman–Crippen LogP) is 2.99. The number of hydrogen-bond donors (Lipinski definition) is 1. The van der Waals surface area contributed by atoms with Crippen LogP contribution in [-0.2, 0) is 15.5 Å². The van der Waals surface area contributed by atoms with Gasteiger partial charge in [0.25, 0.3) is 0 Å². The van der Waals surface area contributed by atoms with Gasteiger partial charge in [-0.3, -0.25) is 4.21 Å². The molecule has 0 saturated carbocycles. The number of halogens is 2.